The Morgan fingerprint density at radius 2 is 1.84 bits per heavy atom. The third kappa shape index (κ3) is 5.59. The van der Waals surface area contributed by atoms with Gasteiger partial charge in [-0.15, -0.1) is 12.4 Å². The summed E-state index contributed by atoms with van der Waals surface area (Å²) in [4.78, 5) is 11.5. The molecule has 0 bridgehead atoms. The van der Waals surface area contributed by atoms with Crippen LogP contribution in [0.3, 0.4) is 0 Å². The highest BCUT2D eigenvalue weighted by atomic mass is 35.5. The number of carbonyl (C=O) groups is 1. The fourth-order valence-electron chi connectivity index (χ4n) is 1.48. The highest BCUT2D eigenvalue weighted by molar-refractivity contribution is 7.90. The summed E-state index contributed by atoms with van der Waals surface area (Å²) >= 11 is 0. The van der Waals surface area contributed by atoms with Gasteiger partial charge in [-0.2, -0.15) is 0 Å². The van der Waals surface area contributed by atoms with E-state index < -0.39 is 15.9 Å². The lowest BCUT2D eigenvalue weighted by Crippen LogP contribution is -2.17. The molecular formula is C12H18ClNO4S. The summed E-state index contributed by atoms with van der Waals surface area (Å²) in [7, 11) is -3.21. The van der Waals surface area contributed by atoms with Crippen molar-refractivity contribution in [2.24, 2.45) is 5.73 Å². The molecule has 0 unspecified atom stereocenters. The third-order valence-corrected chi connectivity index (χ3v) is 3.56. The zero-order valence-corrected chi connectivity index (χ0v) is 12.5. The van der Waals surface area contributed by atoms with Crippen LogP contribution < -0.4 is 5.73 Å². The number of ether oxygens (including phenoxy) is 1. The van der Waals surface area contributed by atoms with Gasteiger partial charge in [-0.25, -0.2) is 8.42 Å². The van der Waals surface area contributed by atoms with Crippen molar-refractivity contribution in [2.75, 3.05) is 12.9 Å². The number of esters is 1. The van der Waals surface area contributed by atoms with Crippen LogP contribution >= 0.6 is 12.4 Å². The summed E-state index contributed by atoms with van der Waals surface area (Å²) in [6.45, 7) is 2.04. The molecule has 5 nitrogen and oxygen atoms in total. The van der Waals surface area contributed by atoms with Crippen LogP contribution in [0, 0.1) is 0 Å². The molecule has 0 heterocycles. The highest BCUT2D eigenvalue weighted by Crippen LogP contribution is 2.17. The molecule has 2 N–H and O–H groups in total. The Morgan fingerprint density at radius 1 is 1.32 bits per heavy atom. The van der Waals surface area contributed by atoms with E-state index in [9.17, 15) is 13.2 Å². The monoisotopic (exact) mass is 307 g/mol. The van der Waals surface area contributed by atoms with E-state index in [-0.39, 0.29) is 29.7 Å². The van der Waals surface area contributed by atoms with Crippen molar-refractivity contribution in [1.82, 2.24) is 0 Å². The number of nitrogens with two attached hydrogens (primary N) is 1. The van der Waals surface area contributed by atoms with Crippen molar-refractivity contribution in [1.29, 1.82) is 0 Å². The molecule has 1 aromatic rings. The van der Waals surface area contributed by atoms with Crippen LogP contribution in [0.15, 0.2) is 29.2 Å². The first kappa shape index (κ1) is 17.9. The maximum absolute atomic E-state index is 11.3. The van der Waals surface area contributed by atoms with E-state index in [1.807, 2.05) is 0 Å². The molecule has 0 saturated carbocycles. The molecule has 0 aliphatic rings. The normalized spacial score (nSPS) is 12.4. The first-order valence-corrected chi connectivity index (χ1v) is 7.45. The molecule has 0 spiro atoms. The lowest BCUT2D eigenvalue weighted by atomic mass is 10.1. The van der Waals surface area contributed by atoms with E-state index in [0.29, 0.717) is 12.2 Å². The van der Waals surface area contributed by atoms with Crippen LogP contribution in [-0.4, -0.2) is 27.2 Å². The van der Waals surface area contributed by atoms with E-state index in [1.54, 1.807) is 19.1 Å². The predicted molar refractivity (Wildman–Crippen MR) is 75.0 cm³/mol. The lowest BCUT2D eigenvalue weighted by molar-refractivity contribution is -0.143. The molecule has 0 radical (unpaired) electrons. The minimum Gasteiger partial charge on any atom is -0.466 e. The first-order valence-electron chi connectivity index (χ1n) is 5.55. The molecule has 0 amide bonds. The summed E-state index contributed by atoms with van der Waals surface area (Å²) in [5.41, 5.74) is 6.54. The molecule has 0 aliphatic carbocycles. The van der Waals surface area contributed by atoms with Crippen molar-refractivity contribution in [3.63, 3.8) is 0 Å². The van der Waals surface area contributed by atoms with Gasteiger partial charge in [-0.1, -0.05) is 12.1 Å². The maximum atomic E-state index is 11.3. The van der Waals surface area contributed by atoms with E-state index in [2.05, 4.69) is 0 Å². The van der Waals surface area contributed by atoms with Gasteiger partial charge in [0.15, 0.2) is 9.84 Å². The highest BCUT2D eigenvalue weighted by Gasteiger charge is 2.13. The first-order chi connectivity index (χ1) is 8.34. The fraction of sp³-hybridized carbons (Fsp3) is 0.417. The molecule has 7 heteroatoms. The smallest absolute Gasteiger partial charge is 0.307 e. The summed E-state index contributed by atoms with van der Waals surface area (Å²) < 4.78 is 27.3. The summed E-state index contributed by atoms with van der Waals surface area (Å²) in [5.74, 6) is -0.364. The number of halogens is 1. The van der Waals surface area contributed by atoms with Gasteiger partial charge >= 0.3 is 5.97 Å². The number of rotatable bonds is 5. The van der Waals surface area contributed by atoms with Crippen LogP contribution in [0.4, 0.5) is 0 Å². The van der Waals surface area contributed by atoms with Gasteiger partial charge in [0.1, 0.15) is 0 Å². The van der Waals surface area contributed by atoms with Crippen LogP contribution in [0.1, 0.15) is 24.9 Å². The number of sulfone groups is 1. The number of benzene rings is 1. The summed E-state index contributed by atoms with van der Waals surface area (Å²) in [6, 6.07) is 5.70. The molecule has 0 aliphatic heterocycles. The van der Waals surface area contributed by atoms with E-state index in [4.69, 9.17) is 10.5 Å². The molecule has 1 atom stereocenters. The average Bonchev–Trinajstić information content (AvgIpc) is 2.28. The third-order valence-electron chi connectivity index (χ3n) is 2.43. The van der Waals surface area contributed by atoms with Gasteiger partial charge < -0.3 is 10.5 Å². The minimum absolute atomic E-state index is 0. The quantitative estimate of drug-likeness (QED) is 0.832. The number of hydrogen-bond donors (Lipinski definition) is 1. The van der Waals surface area contributed by atoms with Crippen molar-refractivity contribution in [3.05, 3.63) is 29.8 Å². The lowest BCUT2D eigenvalue weighted by Gasteiger charge is -2.11. The second kappa shape index (κ2) is 7.47. The van der Waals surface area contributed by atoms with Crippen LogP contribution in [0.5, 0.6) is 0 Å². The van der Waals surface area contributed by atoms with Crippen molar-refractivity contribution in [2.45, 2.75) is 24.3 Å². The molecule has 0 saturated heterocycles. The van der Waals surface area contributed by atoms with Crippen molar-refractivity contribution < 1.29 is 17.9 Å². The van der Waals surface area contributed by atoms with E-state index in [0.717, 1.165) is 6.26 Å². The Balaban J connectivity index is 0.00000324. The predicted octanol–water partition coefficient (Wildman–Crippen LogP) is 1.46. The Morgan fingerprint density at radius 3 is 2.26 bits per heavy atom. The molecule has 1 aromatic carbocycles. The second-order valence-corrected chi connectivity index (χ2v) is 5.97. The number of hydrogen-bond acceptors (Lipinski definition) is 5. The van der Waals surface area contributed by atoms with Gasteiger partial charge in [0.05, 0.1) is 17.9 Å². The fourth-order valence-corrected chi connectivity index (χ4v) is 2.11. The molecule has 1 rings (SSSR count). The van der Waals surface area contributed by atoms with Crippen LogP contribution in [-0.2, 0) is 19.4 Å². The van der Waals surface area contributed by atoms with Crippen LogP contribution in [0.25, 0.3) is 0 Å². The SMILES string of the molecule is CCOC(=O)C[C@H](N)c1ccc(S(C)(=O)=O)cc1.Cl. The average molecular weight is 308 g/mol. The summed E-state index contributed by atoms with van der Waals surface area (Å²) in [5, 5.41) is 0. The zero-order valence-electron chi connectivity index (χ0n) is 10.8. The second-order valence-electron chi connectivity index (χ2n) is 3.96. The maximum Gasteiger partial charge on any atom is 0.307 e. The largest absolute Gasteiger partial charge is 0.466 e. The number of carbonyl (C=O) groups excluding carboxylic acids is 1. The van der Waals surface area contributed by atoms with Gasteiger partial charge in [0, 0.05) is 12.3 Å². The molecular weight excluding hydrogens is 290 g/mol. The Bertz CT molecular complexity index is 513. The van der Waals surface area contributed by atoms with E-state index in [1.165, 1.54) is 12.1 Å². The molecule has 0 fully saturated rings. The topological polar surface area (TPSA) is 86.5 Å². The van der Waals surface area contributed by atoms with Crippen molar-refractivity contribution >= 4 is 28.2 Å². The standard InChI is InChI=1S/C12H17NO4S.ClH/c1-3-17-12(14)8-11(13)9-4-6-10(7-5-9)18(2,15)16;/h4-7,11H,3,8,13H2,1-2H3;1H/t11-;/m0./s1. The zero-order chi connectivity index (χ0) is 13.8. The Hall–Kier alpha value is -1.11. The van der Waals surface area contributed by atoms with Crippen molar-refractivity contribution in [3.8, 4) is 0 Å². The van der Waals surface area contributed by atoms with Gasteiger partial charge in [0.2, 0.25) is 0 Å². The minimum atomic E-state index is -3.21. The molecule has 19 heavy (non-hydrogen) atoms. The Kier molecular flexibility index (Phi) is 7.04. The molecule has 0 aromatic heterocycles. The summed E-state index contributed by atoms with van der Waals surface area (Å²) in [6.07, 6.45) is 1.21. The van der Waals surface area contributed by atoms with Gasteiger partial charge in [-0.3, -0.25) is 4.79 Å². The van der Waals surface area contributed by atoms with Crippen LogP contribution in [0.2, 0.25) is 0 Å². The van der Waals surface area contributed by atoms with E-state index >= 15 is 0 Å². The van der Waals surface area contributed by atoms with Gasteiger partial charge in [0.25, 0.3) is 0 Å². The Labute approximate surface area is 119 Å². The molecule has 108 valence electrons. The van der Waals surface area contributed by atoms with Gasteiger partial charge in [-0.05, 0) is 24.6 Å².